The van der Waals surface area contributed by atoms with E-state index in [2.05, 4.69) is 43.1 Å². The van der Waals surface area contributed by atoms with Gasteiger partial charge in [0.25, 0.3) is 0 Å². The minimum absolute atomic E-state index is 0.101. The van der Waals surface area contributed by atoms with Gasteiger partial charge in [0, 0.05) is 12.8 Å². The topological polar surface area (TPSA) is 54.2 Å². The van der Waals surface area contributed by atoms with Crippen LogP contribution >= 0.6 is 0 Å². The second-order valence-electron chi connectivity index (χ2n) is 7.36. The average molecular weight is 342 g/mol. The Balaban J connectivity index is 1.69. The second-order valence-corrected chi connectivity index (χ2v) is 7.36. The number of hydrogen-bond acceptors (Lipinski definition) is 4. The van der Waals surface area contributed by atoms with E-state index in [1.165, 1.54) is 31.5 Å². The molecule has 0 amide bonds. The van der Waals surface area contributed by atoms with E-state index in [1.807, 2.05) is 10.7 Å². The van der Waals surface area contributed by atoms with E-state index in [0.29, 0.717) is 18.4 Å². The number of aliphatic hydroxyl groups is 1. The van der Waals surface area contributed by atoms with Crippen LogP contribution < -0.4 is 0 Å². The van der Waals surface area contributed by atoms with Crippen LogP contribution in [0.3, 0.4) is 0 Å². The lowest BCUT2D eigenvalue weighted by Gasteiger charge is -2.28. The molecule has 1 aliphatic rings. The molecule has 1 saturated heterocycles. The molecular weight excluding hydrogens is 312 g/mol. The number of piperidine rings is 1. The van der Waals surface area contributed by atoms with Crippen molar-refractivity contribution in [2.24, 2.45) is 5.92 Å². The maximum atomic E-state index is 9.36. The summed E-state index contributed by atoms with van der Waals surface area (Å²) < 4.78 is 1.91. The summed E-state index contributed by atoms with van der Waals surface area (Å²) in [7, 11) is 2.19. The molecule has 1 aromatic carbocycles. The predicted molar refractivity (Wildman–Crippen MR) is 99.6 cm³/mol. The van der Waals surface area contributed by atoms with Crippen LogP contribution in [-0.2, 0) is 19.4 Å². The molecule has 0 spiro atoms. The molecule has 1 N–H and O–H groups in total. The molecule has 5 heteroatoms. The van der Waals surface area contributed by atoms with E-state index >= 15 is 0 Å². The second kappa shape index (κ2) is 8.59. The Morgan fingerprint density at radius 2 is 1.92 bits per heavy atom. The summed E-state index contributed by atoms with van der Waals surface area (Å²) in [5.74, 6) is 3.01. The maximum absolute atomic E-state index is 9.36. The molecule has 0 bridgehead atoms. The van der Waals surface area contributed by atoms with Crippen LogP contribution in [0.4, 0.5) is 0 Å². The monoisotopic (exact) mass is 342 g/mol. The van der Waals surface area contributed by atoms with Crippen molar-refractivity contribution in [3.63, 3.8) is 0 Å². The van der Waals surface area contributed by atoms with Crippen molar-refractivity contribution in [3.05, 3.63) is 47.5 Å². The fourth-order valence-electron chi connectivity index (χ4n) is 3.64. The zero-order valence-electron chi connectivity index (χ0n) is 15.4. The van der Waals surface area contributed by atoms with Crippen LogP contribution in [0, 0.1) is 5.92 Å². The highest BCUT2D eigenvalue weighted by molar-refractivity contribution is 5.20. The van der Waals surface area contributed by atoms with Crippen LogP contribution in [-0.4, -0.2) is 51.5 Å². The third kappa shape index (κ3) is 4.89. The van der Waals surface area contributed by atoms with Gasteiger partial charge in [-0.3, -0.25) is 0 Å². The number of rotatable bonds is 7. The van der Waals surface area contributed by atoms with Crippen molar-refractivity contribution in [1.29, 1.82) is 0 Å². The molecule has 1 aliphatic heterocycles. The van der Waals surface area contributed by atoms with Gasteiger partial charge in [-0.15, -0.1) is 0 Å². The first-order valence-electron chi connectivity index (χ1n) is 9.42. The lowest BCUT2D eigenvalue weighted by atomic mass is 9.93. The molecule has 0 radical (unpaired) electrons. The van der Waals surface area contributed by atoms with Gasteiger partial charge in [-0.1, -0.05) is 37.3 Å². The third-order valence-corrected chi connectivity index (χ3v) is 5.27. The molecule has 2 aromatic rings. The Bertz CT molecular complexity index is 647. The Labute approximate surface area is 150 Å². The van der Waals surface area contributed by atoms with Crippen LogP contribution in [0.1, 0.15) is 42.9 Å². The molecule has 0 aliphatic carbocycles. The normalized spacial score (nSPS) is 17.7. The highest BCUT2D eigenvalue weighted by Crippen LogP contribution is 2.22. The quantitative estimate of drug-likeness (QED) is 0.840. The third-order valence-electron chi connectivity index (χ3n) is 5.27. The zero-order valence-corrected chi connectivity index (χ0v) is 15.4. The number of likely N-dealkylation sites (tertiary alicyclic amines) is 1. The number of benzene rings is 1. The van der Waals surface area contributed by atoms with Crippen LogP contribution in [0.15, 0.2) is 30.3 Å². The fourth-order valence-corrected chi connectivity index (χ4v) is 3.64. The van der Waals surface area contributed by atoms with Crippen molar-refractivity contribution in [3.8, 4) is 0 Å². The summed E-state index contributed by atoms with van der Waals surface area (Å²) in [6, 6.07) is 10.5. The SMILES string of the molecule is CC(Cc1nc(CC2CCN(C)CC2)nn1CCO)c1ccccc1. The first kappa shape index (κ1) is 18.1. The van der Waals surface area contributed by atoms with E-state index in [0.717, 1.165) is 24.5 Å². The summed E-state index contributed by atoms with van der Waals surface area (Å²) in [4.78, 5) is 7.22. The van der Waals surface area contributed by atoms with Gasteiger partial charge in [-0.25, -0.2) is 9.67 Å². The van der Waals surface area contributed by atoms with Crippen LogP contribution in [0.25, 0.3) is 0 Å². The zero-order chi connectivity index (χ0) is 17.6. The first-order valence-corrected chi connectivity index (χ1v) is 9.42. The number of aromatic nitrogens is 3. The van der Waals surface area contributed by atoms with Crippen molar-refractivity contribution < 1.29 is 5.11 Å². The van der Waals surface area contributed by atoms with Gasteiger partial charge in [0.1, 0.15) is 5.82 Å². The smallest absolute Gasteiger partial charge is 0.151 e. The van der Waals surface area contributed by atoms with Crippen molar-refractivity contribution in [1.82, 2.24) is 19.7 Å². The van der Waals surface area contributed by atoms with Crippen LogP contribution in [0.5, 0.6) is 0 Å². The Morgan fingerprint density at radius 1 is 1.20 bits per heavy atom. The minimum atomic E-state index is 0.101. The molecule has 1 unspecified atom stereocenters. The first-order chi connectivity index (χ1) is 12.2. The lowest BCUT2D eigenvalue weighted by molar-refractivity contribution is 0.217. The summed E-state index contributed by atoms with van der Waals surface area (Å²) in [5.41, 5.74) is 1.32. The van der Waals surface area contributed by atoms with Crippen molar-refractivity contribution in [2.45, 2.75) is 45.1 Å². The Kier molecular flexibility index (Phi) is 6.21. The summed E-state index contributed by atoms with van der Waals surface area (Å²) in [6.07, 6.45) is 4.25. The lowest BCUT2D eigenvalue weighted by Crippen LogP contribution is -2.31. The van der Waals surface area contributed by atoms with Gasteiger partial charge in [0.15, 0.2) is 5.82 Å². The number of nitrogens with zero attached hydrogens (tertiary/aromatic N) is 4. The van der Waals surface area contributed by atoms with E-state index in [4.69, 9.17) is 10.1 Å². The fraction of sp³-hybridized carbons (Fsp3) is 0.600. The molecular formula is C20H30N4O. The Morgan fingerprint density at radius 3 is 2.60 bits per heavy atom. The van der Waals surface area contributed by atoms with Crippen molar-refractivity contribution in [2.75, 3.05) is 26.7 Å². The molecule has 1 fully saturated rings. The number of aliphatic hydroxyl groups excluding tert-OH is 1. The molecule has 1 aromatic heterocycles. The summed E-state index contributed by atoms with van der Waals surface area (Å²) in [6.45, 7) is 5.19. The highest BCUT2D eigenvalue weighted by Gasteiger charge is 2.20. The molecule has 0 saturated carbocycles. The molecule has 5 nitrogen and oxygen atoms in total. The molecule has 136 valence electrons. The highest BCUT2D eigenvalue weighted by atomic mass is 16.3. The minimum Gasteiger partial charge on any atom is -0.394 e. The predicted octanol–water partition coefficient (Wildman–Crippen LogP) is 2.50. The van der Waals surface area contributed by atoms with E-state index in [-0.39, 0.29) is 6.61 Å². The van der Waals surface area contributed by atoms with E-state index in [1.54, 1.807) is 0 Å². The van der Waals surface area contributed by atoms with E-state index in [9.17, 15) is 5.11 Å². The number of hydrogen-bond donors (Lipinski definition) is 1. The van der Waals surface area contributed by atoms with Gasteiger partial charge >= 0.3 is 0 Å². The molecule has 1 atom stereocenters. The molecule has 25 heavy (non-hydrogen) atoms. The summed E-state index contributed by atoms with van der Waals surface area (Å²) in [5, 5.41) is 14.1. The Hall–Kier alpha value is -1.72. The van der Waals surface area contributed by atoms with Crippen LogP contribution in [0.2, 0.25) is 0 Å². The average Bonchev–Trinajstić information content (AvgIpc) is 2.99. The van der Waals surface area contributed by atoms with Gasteiger partial charge < -0.3 is 10.0 Å². The molecule has 3 rings (SSSR count). The standard InChI is InChI=1S/C20H30N4O/c1-16(18-6-4-3-5-7-18)14-20-21-19(22-24(20)12-13-25)15-17-8-10-23(2)11-9-17/h3-7,16-17,25H,8-15H2,1-2H3. The van der Waals surface area contributed by atoms with Gasteiger partial charge in [0.05, 0.1) is 13.2 Å². The van der Waals surface area contributed by atoms with Gasteiger partial charge in [-0.05, 0) is 50.4 Å². The maximum Gasteiger partial charge on any atom is 0.151 e. The summed E-state index contributed by atoms with van der Waals surface area (Å²) >= 11 is 0. The van der Waals surface area contributed by atoms with Crippen molar-refractivity contribution >= 4 is 0 Å². The van der Waals surface area contributed by atoms with Gasteiger partial charge in [0.2, 0.25) is 0 Å². The van der Waals surface area contributed by atoms with Gasteiger partial charge in [-0.2, -0.15) is 5.10 Å². The molecule has 2 heterocycles. The van der Waals surface area contributed by atoms with E-state index < -0.39 is 0 Å². The largest absolute Gasteiger partial charge is 0.394 e.